The number of hydrogen-bond acceptors (Lipinski definition) is 6. The van der Waals surface area contributed by atoms with Gasteiger partial charge in [-0.3, -0.25) is 0 Å². The Morgan fingerprint density at radius 1 is 0.738 bits per heavy atom. The van der Waals surface area contributed by atoms with Crippen molar-refractivity contribution in [1.82, 2.24) is 5.32 Å². The summed E-state index contributed by atoms with van der Waals surface area (Å²) in [5, 5.41) is 5.19. The molecule has 7 nitrogen and oxygen atoms in total. The van der Waals surface area contributed by atoms with Gasteiger partial charge >= 0.3 is 18.0 Å². The molecule has 1 amide bonds. The summed E-state index contributed by atoms with van der Waals surface area (Å²) in [4.78, 5) is 38.5. The van der Waals surface area contributed by atoms with E-state index >= 15 is 0 Å². The molecule has 3 aromatic carbocycles. The van der Waals surface area contributed by atoms with E-state index in [1.54, 1.807) is 45.0 Å². The Hall–Kier alpha value is -3.91. The molecule has 42 heavy (non-hydrogen) atoms. The van der Waals surface area contributed by atoms with Crippen LogP contribution in [0.2, 0.25) is 12.6 Å². The monoisotopic (exact) mass is 589 g/mol. The highest BCUT2D eigenvalue weighted by atomic mass is 28.3. The van der Waals surface area contributed by atoms with Crippen LogP contribution in [0.4, 0.5) is 4.79 Å². The highest BCUT2D eigenvalue weighted by Crippen LogP contribution is 2.16. The van der Waals surface area contributed by atoms with Crippen LogP contribution in [0.15, 0.2) is 84.9 Å². The number of nitrogens with one attached hydrogen (secondary N) is 1. The SMILES string of the molecule is CC(C)(C)OC(=O)N[C@@H](Cc1ccc(C(=O)OC(C)(C)C)cc1)C(=O)OCC[Si](C)(c1ccccc1)c1ccccc1. The maximum atomic E-state index is 13.4. The highest BCUT2D eigenvalue weighted by molar-refractivity contribution is 7.01. The molecule has 1 atom stereocenters. The Bertz CT molecular complexity index is 1290. The molecule has 0 aliphatic carbocycles. The van der Waals surface area contributed by atoms with E-state index in [1.807, 2.05) is 57.2 Å². The van der Waals surface area contributed by atoms with Gasteiger partial charge in [0.2, 0.25) is 0 Å². The third kappa shape index (κ3) is 9.87. The largest absolute Gasteiger partial charge is 0.464 e. The van der Waals surface area contributed by atoms with Gasteiger partial charge in [-0.05, 0) is 65.3 Å². The van der Waals surface area contributed by atoms with Crippen LogP contribution in [0.3, 0.4) is 0 Å². The molecule has 0 aromatic heterocycles. The first-order valence-corrected chi connectivity index (χ1v) is 17.0. The van der Waals surface area contributed by atoms with Gasteiger partial charge in [-0.1, -0.05) is 89.7 Å². The Kier molecular flexibility index (Phi) is 10.7. The summed E-state index contributed by atoms with van der Waals surface area (Å²) in [5.74, 6) is -0.976. The van der Waals surface area contributed by atoms with Gasteiger partial charge in [0, 0.05) is 6.42 Å². The summed E-state index contributed by atoms with van der Waals surface area (Å²) in [6.07, 6.45) is -0.540. The fourth-order valence-corrected chi connectivity index (χ4v) is 7.79. The quantitative estimate of drug-likeness (QED) is 0.190. The molecular weight excluding hydrogens is 546 g/mol. The second kappa shape index (κ2) is 13.8. The molecule has 0 unspecified atom stereocenters. The molecule has 3 aromatic rings. The number of amides is 1. The van der Waals surface area contributed by atoms with Crippen LogP contribution in [-0.2, 0) is 25.4 Å². The molecule has 0 spiro atoms. The van der Waals surface area contributed by atoms with E-state index < -0.39 is 43.3 Å². The van der Waals surface area contributed by atoms with Crippen LogP contribution < -0.4 is 15.7 Å². The predicted octanol–water partition coefficient (Wildman–Crippen LogP) is 5.51. The molecular formula is C34H43NO6Si. The Labute approximate surface area is 250 Å². The topological polar surface area (TPSA) is 90.9 Å². The molecule has 3 rings (SSSR count). The van der Waals surface area contributed by atoms with Gasteiger partial charge in [-0.2, -0.15) is 0 Å². The second-order valence-electron chi connectivity index (χ2n) is 12.6. The van der Waals surface area contributed by atoms with E-state index in [2.05, 4.69) is 36.1 Å². The summed E-state index contributed by atoms with van der Waals surface area (Å²) in [5.41, 5.74) is -0.194. The molecule has 0 bridgehead atoms. The molecule has 224 valence electrons. The van der Waals surface area contributed by atoms with E-state index in [0.717, 1.165) is 5.56 Å². The standard InChI is InChI=1S/C34H43NO6Si/c1-33(2,3)40-30(36)26-20-18-25(19-21-26)24-29(35-32(38)41-34(4,5)6)31(37)39-22-23-42(7,27-14-10-8-11-15-27)28-16-12-9-13-17-28/h8-21,29H,22-24H2,1-7H3,(H,35,38)/t29-/m0/s1. The van der Waals surface area contributed by atoms with Crippen LogP contribution in [0.1, 0.15) is 57.5 Å². The van der Waals surface area contributed by atoms with Crippen molar-refractivity contribution in [2.45, 2.75) is 77.8 Å². The lowest BCUT2D eigenvalue weighted by Crippen LogP contribution is -2.56. The van der Waals surface area contributed by atoms with Crippen LogP contribution in [0.25, 0.3) is 0 Å². The number of hydrogen-bond donors (Lipinski definition) is 1. The van der Waals surface area contributed by atoms with Gasteiger partial charge < -0.3 is 19.5 Å². The average molecular weight is 590 g/mol. The summed E-state index contributed by atoms with van der Waals surface area (Å²) in [7, 11) is -2.21. The van der Waals surface area contributed by atoms with Gasteiger partial charge in [0.25, 0.3) is 0 Å². The number of esters is 2. The number of carbonyl (C=O) groups excluding carboxylic acids is 3. The number of ether oxygens (including phenoxy) is 3. The van der Waals surface area contributed by atoms with Crippen molar-refractivity contribution in [3.8, 4) is 0 Å². The van der Waals surface area contributed by atoms with Gasteiger partial charge in [-0.15, -0.1) is 0 Å². The van der Waals surface area contributed by atoms with Crippen molar-refractivity contribution in [2.24, 2.45) is 0 Å². The first-order chi connectivity index (χ1) is 19.7. The average Bonchev–Trinajstić information content (AvgIpc) is 2.92. The molecule has 0 radical (unpaired) electrons. The third-order valence-corrected chi connectivity index (χ3v) is 11.1. The van der Waals surface area contributed by atoms with E-state index in [4.69, 9.17) is 14.2 Å². The van der Waals surface area contributed by atoms with Crippen molar-refractivity contribution in [1.29, 1.82) is 0 Å². The van der Waals surface area contributed by atoms with Gasteiger partial charge in [-0.25, -0.2) is 14.4 Å². The zero-order valence-corrected chi connectivity index (χ0v) is 26.7. The van der Waals surface area contributed by atoms with Crippen molar-refractivity contribution in [3.63, 3.8) is 0 Å². The molecule has 0 heterocycles. The predicted molar refractivity (Wildman–Crippen MR) is 168 cm³/mol. The van der Waals surface area contributed by atoms with Crippen LogP contribution in [-0.4, -0.2) is 50.0 Å². The Morgan fingerprint density at radius 3 is 1.71 bits per heavy atom. The lowest BCUT2D eigenvalue weighted by Gasteiger charge is -2.29. The third-order valence-electron chi connectivity index (χ3n) is 6.67. The van der Waals surface area contributed by atoms with Crippen LogP contribution >= 0.6 is 0 Å². The van der Waals surface area contributed by atoms with Crippen LogP contribution in [0, 0.1) is 0 Å². The van der Waals surface area contributed by atoms with Crippen molar-refractivity contribution < 1.29 is 28.6 Å². The zero-order valence-electron chi connectivity index (χ0n) is 25.7. The first-order valence-electron chi connectivity index (χ1n) is 14.3. The van der Waals surface area contributed by atoms with E-state index in [1.165, 1.54) is 10.4 Å². The molecule has 0 saturated heterocycles. The lowest BCUT2D eigenvalue weighted by atomic mass is 10.0. The Morgan fingerprint density at radius 2 is 1.24 bits per heavy atom. The van der Waals surface area contributed by atoms with Crippen molar-refractivity contribution >= 4 is 36.5 Å². The molecule has 0 saturated carbocycles. The van der Waals surface area contributed by atoms with Crippen molar-refractivity contribution in [3.05, 3.63) is 96.1 Å². The van der Waals surface area contributed by atoms with Crippen LogP contribution in [0.5, 0.6) is 0 Å². The minimum Gasteiger partial charge on any atom is -0.464 e. The van der Waals surface area contributed by atoms with Crippen molar-refractivity contribution in [2.75, 3.05) is 6.61 Å². The van der Waals surface area contributed by atoms with E-state index in [0.29, 0.717) is 11.6 Å². The second-order valence-corrected chi connectivity index (χ2v) is 16.9. The van der Waals surface area contributed by atoms with E-state index in [-0.39, 0.29) is 13.0 Å². The summed E-state index contributed by atoms with van der Waals surface area (Å²) >= 11 is 0. The minimum absolute atomic E-state index is 0.165. The molecule has 1 N–H and O–H groups in total. The highest BCUT2D eigenvalue weighted by Gasteiger charge is 2.33. The normalized spacial score (nSPS) is 12.6. The fraction of sp³-hybridized carbons (Fsp3) is 0.382. The number of carbonyl (C=O) groups is 3. The maximum Gasteiger partial charge on any atom is 0.408 e. The van der Waals surface area contributed by atoms with Gasteiger partial charge in [0.05, 0.1) is 12.2 Å². The number of benzene rings is 3. The Balaban J connectivity index is 1.75. The molecule has 8 heteroatoms. The number of rotatable bonds is 10. The smallest absolute Gasteiger partial charge is 0.408 e. The lowest BCUT2D eigenvalue weighted by molar-refractivity contribution is -0.145. The maximum absolute atomic E-state index is 13.4. The molecule has 0 fully saturated rings. The molecule has 0 aliphatic rings. The van der Waals surface area contributed by atoms with Gasteiger partial charge in [0.15, 0.2) is 0 Å². The zero-order chi connectivity index (χ0) is 31.0. The minimum atomic E-state index is -2.21. The fourth-order valence-electron chi connectivity index (χ4n) is 4.52. The number of alkyl carbamates (subject to hydrolysis) is 1. The van der Waals surface area contributed by atoms with E-state index in [9.17, 15) is 14.4 Å². The summed E-state index contributed by atoms with van der Waals surface area (Å²) in [6.45, 7) is 13.2. The molecule has 0 aliphatic heterocycles. The summed E-state index contributed by atoms with van der Waals surface area (Å²) < 4.78 is 16.7. The first kappa shape index (κ1) is 32.6. The van der Waals surface area contributed by atoms with Gasteiger partial charge in [0.1, 0.15) is 25.3 Å². The summed E-state index contributed by atoms with van der Waals surface area (Å²) in [6, 6.07) is 27.1.